The molecular formula is C19H22N4OS. The van der Waals surface area contributed by atoms with Crippen molar-refractivity contribution >= 4 is 28.6 Å². The van der Waals surface area contributed by atoms with Crippen molar-refractivity contribution < 1.29 is 4.79 Å². The van der Waals surface area contributed by atoms with Crippen molar-refractivity contribution in [2.45, 2.75) is 20.0 Å². The summed E-state index contributed by atoms with van der Waals surface area (Å²) in [6.45, 7) is 6.75. The number of nitrogens with zero attached hydrogens (tertiary/aromatic N) is 2. The number of piperazine rings is 1. The number of hydrogen-bond acceptors (Lipinski definition) is 5. The Bertz CT molecular complexity index is 821. The Morgan fingerprint density at radius 1 is 1.20 bits per heavy atom. The van der Waals surface area contributed by atoms with Gasteiger partial charge >= 0.3 is 0 Å². The molecule has 0 bridgehead atoms. The molecule has 1 amide bonds. The van der Waals surface area contributed by atoms with Gasteiger partial charge in [0.2, 0.25) is 5.91 Å². The first-order valence-corrected chi connectivity index (χ1v) is 9.50. The molecule has 130 valence electrons. The summed E-state index contributed by atoms with van der Waals surface area (Å²) < 4.78 is 0. The molecule has 1 aromatic carbocycles. The van der Waals surface area contributed by atoms with Crippen LogP contribution in [0.25, 0.3) is 0 Å². The van der Waals surface area contributed by atoms with Gasteiger partial charge in [0, 0.05) is 61.3 Å². The highest BCUT2D eigenvalue weighted by Crippen LogP contribution is 2.30. The number of thiophene rings is 1. The summed E-state index contributed by atoms with van der Waals surface area (Å²) >= 11 is 1.70. The zero-order valence-electron chi connectivity index (χ0n) is 14.3. The molecular weight excluding hydrogens is 332 g/mol. The predicted octanol–water partition coefficient (Wildman–Crippen LogP) is 2.75. The molecule has 0 spiro atoms. The molecule has 6 heteroatoms. The quantitative estimate of drug-likeness (QED) is 0.872. The molecule has 2 aliphatic rings. The third-order valence-corrected chi connectivity index (χ3v) is 5.95. The lowest BCUT2D eigenvalue weighted by molar-refractivity contribution is -0.130. The number of rotatable bonds is 2. The molecule has 2 aromatic rings. The molecule has 0 saturated carbocycles. The largest absolute Gasteiger partial charge is 0.380 e. The third kappa shape index (κ3) is 3.19. The van der Waals surface area contributed by atoms with Gasteiger partial charge in [-0.3, -0.25) is 15.1 Å². The van der Waals surface area contributed by atoms with E-state index < -0.39 is 0 Å². The van der Waals surface area contributed by atoms with Crippen LogP contribution in [0, 0.1) is 5.41 Å². The number of carbonyl (C=O) groups excluding carboxylic acids is 1. The van der Waals surface area contributed by atoms with E-state index in [1.54, 1.807) is 18.3 Å². The van der Waals surface area contributed by atoms with Crippen molar-refractivity contribution in [3.05, 3.63) is 51.2 Å². The van der Waals surface area contributed by atoms with E-state index in [4.69, 9.17) is 5.41 Å². The van der Waals surface area contributed by atoms with E-state index in [0.29, 0.717) is 5.71 Å². The molecule has 1 fully saturated rings. The highest BCUT2D eigenvalue weighted by Gasteiger charge is 2.21. The van der Waals surface area contributed by atoms with Crippen molar-refractivity contribution in [1.82, 2.24) is 9.80 Å². The minimum Gasteiger partial charge on any atom is -0.380 e. The van der Waals surface area contributed by atoms with E-state index in [1.807, 2.05) is 11.0 Å². The second kappa shape index (κ2) is 6.61. The topological polar surface area (TPSA) is 59.4 Å². The van der Waals surface area contributed by atoms with Crippen LogP contribution in [-0.4, -0.2) is 47.6 Å². The maximum atomic E-state index is 11.4. The summed E-state index contributed by atoms with van der Waals surface area (Å²) in [4.78, 5) is 17.0. The van der Waals surface area contributed by atoms with E-state index in [1.165, 1.54) is 10.4 Å². The molecule has 0 aliphatic carbocycles. The van der Waals surface area contributed by atoms with E-state index in [9.17, 15) is 4.79 Å². The fourth-order valence-electron chi connectivity index (χ4n) is 3.55. The molecule has 0 radical (unpaired) electrons. The van der Waals surface area contributed by atoms with Crippen LogP contribution in [0.15, 0.2) is 29.6 Å². The summed E-state index contributed by atoms with van der Waals surface area (Å²) in [5.74, 6) is 0.167. The van der Waals surface area contributed by atoms with Gasteiger partial charge in [0.25, 0.3) is 0 Å². The Kier molecular flexibility index (Phi) is 4.31. The van der Waals surface area contributed by atoms with Gasteiger partial charge < -0.3 is 10.2 Å². The highest BCUT2D eigenvalue weighted by molar-refractivity contribution is 7.10. The number of anilines is 1. The van der Waals surface area contributed by atoms with Crippen LogP contribution in [0.3, 0.4) is 0 Å². The van der Waals surface area contributed by atoms with Crippen LogP contribution in [0.4, 0.5) is 5.69 Å². The molecule has 25 heavy (non-hydrogen) atoms. The SMILES string of the molecule is CC(=O)N1CCN(Cc2ccc3c(c2)NCc2sccc2C3=N)CC1. The Balaban J connectivity index is 1.49. The second-order valence-electron chi connectivity index (χ2n) is 6.65. The Labute approximate surface area is 151 Å². The molecule has 0 atom stereocenters. The zero-order chi connectivity index (χ0) is 17.4. The third-order valence-electron chi connectivity index (χ3n) is 5.03. The van der Waals surface area contributed by atoms with Gasteiger partial charge in [-0.1, -0.05) is 12.1 Å². The molecule has 2 aliphatic heterocycles. The summed E-state index contributed by atoms with van der Waals surface area (Å²) in [6.07, 6.45) is 0. The highest BCUT2D eigenvalue weighted by atomic mass is 32.1. The average molecular weight is 354 g/mol. The second-order valence-corrected chi connectivity index (χ2v) is 7.65. The van der Waals surface area contributed by atoms with Crippen LogP contribution in [0.2, 0.25) is 0 Å². The van der Waals surface area contributed by atoms with E-state index >= 15 is 0 Å². The first-order chi connectivity index (χ1) is 12.1. The van der Waals surface area contributed by atoms with Crippen molar-refractivity contribution in [1.29, 1.82) is 5.41 Å². The summed E-state index contributed by atoms with van der Waals surface area (Å²) in [5.41, 5.74) is 4.93. The predicted molar refractivity (Wildman–Crippen MR) is 102 cm³/mol. The summed E-state index contributed by atoms with van der Waals surface area (Å²) in [6, 6.07) is 8.42. The lowest BCUT2D eigenvalue weighted by atomic mass is 10.0. The van der Waals surface area contributed by atoms with Gasteiger partial charge in [0.05, 0.1) is 12.3 Å². The van der Waals surface area contributed by atoms with E-state index in [0.717, 1.165) is 56.1 Å². The van der Waals surface area contributed by atoms with Crippen LogP contribution in [0.1, 0.15) is 28.5 Å². The molecule has 2 N–H and O–H groups in total. The standard InChI is InChI=1S/C19H22N4OS/c1-13(24)23-7-5-22(6-8-23)12-14-2-3-15-17(10-14)21-11-18-16(19(15)20)4-9-25-18/h2-4,9-10,20-21H,5-8,11-12H2,1H3. The fourth-order valence-corrected chi connectivity index (χ4v) is 4.37. The monoisotopic (exact) mass is 354 g/mol. The van der Waals surface area contributed by atoms with Gasteiger partial charge in [-0.2, -0.15) is 0 Å². The van der Waals surface area contributed by atoms with Gasteiger partial charge in [0.1, 0.15) is 0 Å². The number of fused-ring (bicyclic) bond motifs is 2. The van der Waals surface area contributed by atoms with Crippen molar-refractivity contribution in [3.8, 4) is 0 Å². The van der Waals surface area contributed by atoms with Crippen molar-refractivity contribution in [2.24, 2.45) is 0 Å². The average Bonchev–Trinajstić information content (AvgIpc) is 3.04. The number of amides is 1. The number of nitrogens with one attached hydrogen (secondary N) is 2. The lowest BCUT2D eigenvalue weighted by Gasteiger charge is -2.34. The van der Waals surface area contributed by atoms with Crippen LogP contribution < -0.4 is 5.32 Å². The summed E-state index contributed by atoms with van der Waals surface area (Å²) in [5, 5.41) is 14.1. The maximum Gasteiger partial charge on any atom is 0.219 e. The van der Waals surface area contributed by atoms with Gasteiger partial charge in [-0.15, -0.1) is 11.3 Å². The fraction of sp³-hybridized carbons (Fsp3) is 0.368. The lowest BCUT2D eigenvalue weighted by Crippen LogP contribution is -2.47. The van der Waals surface area contributed by atoms with Crippen LogP contribution in [0.5, 0.6) is 0 Å². The molecule has 3 heterocycles. The smallest absolute Gasteiger partial charge is 0.219 e. The van der Waals surface area contributed by atoms with Crippen LogP contribution in [-0.2, 0) is 17.9 Å². The Morgan fingerprint density at radius 3 is 2.76 bits per heavy atom. The molecule has 5 nitrogen and oxygen atoms in total. The van der Waals surface area contributed by atoms with Gasteiger partial charge in [-0.25, -0.2) is 0 Å². The maximum absolute atomic E-state index is 11.4. The van der Waals surface area contributed by atoms with Crippen molar-refractivity contribution in [2.75, 3.05) is 31.5 Å². The van der Waals surface area contributed by atoms with Crippen molar-refractivity contribution in [3.63, 3.8) is 0 Å². The van der Waals surface area contributed by atoms with Crippen LogP contribution >= 0.6 is 11.3 Å². The Morgan fingerprint density at radius 2 is 2.00 bits per heavy atom. The number of hydrogen-bond donors (Lipinski definition) is 2. The van der Waals surface area contributed by atoms with Gasteiger partial charge in [-0.05, 0) is 23.1 Å². The minimum atomic E-state index is 0.167. The van der Waals surface area contributed by atoms with E-state index in [-0.39, 0.29) is 5.91 Å². The normalized spacial score (nSPS) is 17.5. The molecule has 1 aromatic heterocycles. The minimum absolute atomic E-state index is 0.167. The van der Waals surface area contributed by atoms with Gasteiger partial charge in [0.15, 0.2) is 0 Å². The first-order valence-electron chi connectivity index (χ1n) is 8.62. The number of carbonyl (C=O) groups is 1. The summed E-state index contributed by atoms with van der Waals surface area (Å²) in [7, 11) is 0. The number of benzene rings is 1. The molecule has 4 rings (SSSR count). The first kappa shape index (κ1) is 16.3. The van der Waals surface area contributed by atoms with E-state index in [2.05, 4.69) is 33.8 Å². The molecule has 1 saturated heterocycles. The Hall–Kier alpha value is -2.18. The molecule has 0 unspecified atom stereocenters. The zero-order valence-corrected chi connectivity index (χ0v) is 15.2.